The Morgan fingerprint density at radius 1 is 0.905 bits per heavy atom. The monoisotopic (exact) mass is 294 g/mol. The molecule has 0 unspecified atom stereocenters. The molecule has 3 aromatic rings. The van der Waals surface area contributed by atoms with Gasteiger partial charge >= 0.3 is 0 Å². The molecule has 0 N–H and O–H groups in total. The van der Waals surface area contributed by atoms with E-state index in [4.69, 9.17) is 11.6 Å². The lowest BCUT2D eigenvalue weighted by atomic mass is 10.1. The highest BCUT2D eigenvalue weighted by Crippen LogP contribution is 2.25. The first-order valence-electron chi connectivity index (χ1n) is 6.82. The molecule has 1 heterocycles. The molecule has 0 aliphatic carbocycles. The molecule has 2 nitrogen and oxygen atoms in total. The highest BCUT2D eigenvalue weighted by Gasteiger charge is 2.06. The largest absolute Gasteiger partial charge is 0.245 e. The molecule has 0 bridgehead atoms. The fourth-order valence-electron chi connectivity index (χ4n) is 2.32. The maximum Gasteiger partial charge on any atom is 0.155 e. The van der Waals surface area contributed by atoms with E-state index < -0.39 is 0 Å². The van der Waals surface area contributed by atoms with Crippen LogP contribution in [0.3, 0.4) is 0 Å². The van der Waals surface area contributed by atoms with Crippen LogP contribution in [0.25, 0.3) is 10.9 Å². The molecule has 0 aliphatic heterocycles. The summed E-state index contributed by atoms with van der Waals surface area (Å²) in [7, 11) is 0. The minimum absolute atomic E-state index is 0.415. The van der Waals surface area contributed by atoms with Crippen LogP contribution in [0.1, 0.15) is 16.8 Å². The van der Waals surface area contributed by atoms with Gasteiger partial charge in [-0.05, 0) is 37.1 Å². The molecule has 0 spiro atoms. The van der Waals surface area contributed by atoms with Crippen molar-refractivity contribution in [2.45, 2.75) is 13.8 Å². The zero-order valence-corrected chi connectivity index (χ0v) is 12.7. The molecule has 1 aromatic heterocycles. The molecule has 0 amide bonds. The zero-order valence-electron chi connectivity index (χ0n) is 12.0. The van der Waals surface area contributed by atoms with E-state index in [-0.39, 0.29) is 0 Å². The second-order valence-corrected chi connectivity index (χ2v) is 5.39. The molecule has 2 aromatic carbocycles. The molecule has 21 heavy (non-hydrogen) atoms. The summed E-state index contributed by atoms with van der Waals surface area (Å²) in [5.74, 6) is 0. The van der Waals surface area contributed by atoms with Crippen LogP contribution >= 0.6 is 11.6 Å². The summed E-state index contributed by atoms with van der Waals surface area (Å²) < 4.78 is 0. The van der Waals surface area contributed by atoms with Gasteiger partial charge in [0.25, 0.3) is 0 Å². The van der Waals surface area contributed by atoms with Crippen molar-refractivity contribution in [3.63, 3.8) is 0 Å². The van der Waals surface area contributed by atoms with E-state index in [1.807, 2.05) is 68.4 Å². The van der Waals surface area contributed by atoms with Crippen molar-refractivity contribution in [3.05, 3.63) is 71.4 Å². The second kappa shape index (κ2) is 5.66. The average molecular weight is 295 g/mol. The molecule has 0 fully saturated rings. The van der Waals surface area contributed by atoms with E-state index in [2.05, 4.69) is 9.98 Å². The van der Waals surface area contributed by atoms with Gasteiger partial charge in [-0.1, -0.05) is 54.1 Å². The van der Waals surface area contributed by atoms with Gasteiger partial charge in [-0.2, -0.15) is 0 Å². The summed E-state index contributed by atoms with van der Waals surface area (Å²) in [6, 6.07) is 18.0. The molecule has 3 heteroatoms. The van der Waals surface area contributed by atoms with Crippen molar-refractivity contribution in [1.29, 1.82) is 0 Å². The summed E-state index contributed by atoms with van der Waals surface area (Å²) in [6.07, 6.45) is 0. The van der Waals surface area contributed by atoms with Crippen molar-refractivity contribution in [2.24, 2.45) is 4.99 Å². The summed E-state index contributed by atoms with van der Waals surface area (Å²) in [4.78, 5) is 9.12. The first-order chi connectivity index (χ1) is 10.1. The van der Waals surface area contributed by atoms with Crippen molar-refractivity contribution < 1.29 is 0 Å². The minimum Gasteiger partial charge on any atom is -0.245 e. The van der Waals surface area contributed by atoms with Crippen LogP contribution in [0.2, 0.25) is 0 Å². The van der Waals surface area contributed by atoms with Crippen LogP contribution < -0.4 is 0 Å². The Hall–Kier alpha value is -2.19. The molecule has 0 radical (unpaired) electrons. The normalized spacial score (nSPS) is 11.9. The number of aromatic nitrogens is 1. The number of halogens is 1. The Kier molecular flexibility index (Phi) is 3.72. The molecular formula is C18H15ClN2. The number of para-hydroxylation sites is 2. The third-order valence-corrected chi connectivity index (χ3v) is 3.74. The molecule has 0 aliphatic rings. The van der Waals surface area contributed by atoms with Crippen molar-refractivity contribution in [2.75, 3.05) is 0 Å². The van der Waals surface area contributed by atoms with E-state index in [1.54, 1.807) is 0 Å². The molecule has 0 saturated carbocycles. The van der Waals surface area contributed by atoms with Crippen molar-refractivity contribution in [3.8, 4) is 0 Å². The number of benzene rings is 2. The Morgan fingerprint density at radius 2 is 1.62 bits per heavy atom. The molecule has 3 rings (SSSR count). The first kappa shape index (κ1) is 13.8. The second-order valence-electron chi connectivity index (χ2n) is 5.03. The Labute approximate surface area is 129 Å². The predicted molar refractivity (Wildman–Crippen MR) is 89.7 cm³/mol. The number of pyridine rings is 1. The van der Waals surface area contributed by atoms with Gasteiger partial charge in [-0.25, -0.2) is 9.98 Å². The standard InChI is InChI=1S/C18H15ClN2/c1-12-6-5-7-13(2)17(12)21-18(19)16-11-10-14-8-3-4-9-15(14)20-16/h3-11H,1-2H3. The summed E-state index contributed by atoms with van der Waals surface area (Å²) in [5.41, 5.74) is 4.74. The van der Waals surface area contributed by atoms with Gasteiger partial charge in [0.15, 0.2) is 5.17 Å². The average Bonchev–Trinajstić information content (AvgIpc) is 2.50. The number of rotatable bonds is 2. The van der Waals surface area contributed by atoms with E-state index in [9.17, 15) is 0 Å². The maximum absolute atomic E-state index is 6.37. The topological polar surface area (TPSA) is 25.2 Å². The van der Waals surface area contributed by atoms with Crippen molar-refractivity contribution >= 4 is 33.4 Å². The molecular weight excluding hydrogens is 280 g/mol. The van der Waals surface area contributed by atoms with Gasteiger partial charge in [0.1, 0.15) is 5.69 Å². The predicted octanol–water partition coefficient (Wildman–Crippen LogP) is 5.17. The maximum atomic E-state index is 6.37. The number of hydrogen-bond acceptors (Lipinski definition) is 2. The number of nitrogens with zero attached hydrogens (tertiary/aromatic N) is 2. The lowest BCUT2D eigenvalue weighted by Gasteiger charge is -2.06. The van der Waals surface area contributed by atoms with E-state index in [1.165, 1.54) is 0 Å². The fourth-order valence-corrected chi connectivity index (χ4v) is 2.51. The van der Waals surface area contributed by atoms with Gasteiger partial charge in [-0.15, -0.1) is 0 Å². The zero-order chi connectivity index (χ0) is 14.8. The number of aryl methyl sites for hydroxylation is 2. The van der Waals surface area contributed by atoms with Crippen LogP contribution in [0.5, 0.6) is 0 Å². The lowest BCUT2D eigenvalue weighted by Crippen LogP contribution is -1.96. The molecule has 104 valence electrons. The summed E-state index contributed by atoms with van der Waals surface area (Å²) in [6.45, 7) is 4.06. The van der Waals surface area contributed by atoms with E-state index >= 15 is 0 Å². The highest BCUT2D eigenvalue weighted by atomic mass is 35.5. The quantitative estimate of drug-likeness (QED) is 0.599. The Balaban J connectivity index is 2.07. The van der Waals surface area contributed by atoms with Gasteiger partial charge in [0.05, 0.1) is 11.2 Å². The third-order valence-electron chi connectivity index (χ3n) is 3.46. The molecule has 0 atom stereocenters. The Morgan fingerprint density at radius 3 is 2.38 bits per heavy atom. The SMILES string of the molecule is Cc1cccc(C)c1N=C(Cl)c1ccc2ccccc2n1. The van der Waals surface area contributed by atoms with Gasteiger partial charge in [0.2, 0.25) is 0 Å². The smallest absolute Gasteiger partial charge is 0.155 e. The molecule has 0 saturated heterocycles. The van der Waals surface area contributed by atoms with Gasteiger partial charge in [-0.3, -0.25) is 0 Å². The Bertz CT molecular complexity index is 817. The third kappa shape index (κ3) is 2.81. The lowest BCUT2D eigenvalue weighted by molar-refractivity contribution is 1.31. The number of hydrogen-bond donors (Lipinski definition) is 0. The summed E-state index contributed by atoms with van der Waals surface area (Å²) in [5, 5.41) is 1.51. The highest BCUT2D eigenvalue weighted by molar-refractivity contribution is 6.69. The van der Waals surface area contributed by atoms with Crippen molar-refractivity contribution in [1.82, 2.24) is 4.98 Å². The van der Waals surface area contributed by atoms with Crippen LogP contribution in [0, 0.1) is 13.8 Å². The summed E-state index contributed by atoms with van der Waals surface area (Å²) >= 11 is 6.37. The van der Waals surface area contributed by atoms with E-state index in [0.717, 1.165) is 27.7 Å². The van der Waals surface area contributed by atoms with Crippen LogP contribution in [0.15, 0.2) is 59.6 Å². The van der Waals surface area contributed by atoms with Crippen LogP contribution in [-0.4, -0.2) is 10.2 Å². The fraction of sp³-hybridized carbons (Fsp3) is 0.111. The van der Waals surface area contributed by atoms with Gasteiger partial charge < -0.3 is 0 Å². The first-order valence-corrected chi connectivity index (χ1v) is 7.19. The van der Waals surface area contributed by atoms with Gasteiger partial charge in [0, 0.05) is 5.39 Å². The van der Waals surface area contributed by atoms with Crippen LogP contribution in [0.4, 0.5) is 5.69 Å². The number of aliphatic imine (C=N–C) groups is 1. The van der Waals surface area contributed by atoms with E-state index in [0.29, 0.717) is 10.9 Å². The minimum atomic E-state index is 0.415. The number of fused-ring (bicyclic) bond motifs is 1. The van der Waals surface area contributed by atoms with Crippen LogP contribution in [-0.2, 0) is 0 Å².